The molecule has 6 amide bonds. The normalized spacial score (nSPS) is 26.5. The molecule has 0 spiro atoms. The number of carbonyl (C=O) groups excluding carboxylic acids is 8. The SMILES string of the molecule is CC(C)C(=O)c1cccc2c1CN(C(=O)C[C@@H]1C[C@@H](C(=O)N3CC(F)(F)C[C@H]3C)NC1=O)C2.CC(C)C(=O)c1cccc2c1CN(C(=O)C[C@@H]1C[C@@H](C(=O)N3CC(F)C[C@H]3C)NC1=O)C2. The summed E-state index contributed by atoms with van der Waals surface area (Å²) in [6, 6.07) is 8.65. The highest BCUT2D eigenvalue weighted by atomic mass is 19.3. The van der Waals surface area contributed by atoms with Crippen molar-refractivity contribution in [3.63, 3.8) is 0 Å². The molecular formula is C48H59F3N6O8. The van der Waals surface area contributed by atoms with Crippen molar-refractivity contribution in [2.24, 2.45) is 23.7 Å². The Balaban J connectivity index is 0.000000194. The number of rotatable bonds is 10. The Kier molecular flexibility index (Phi) is 13.6. The molecule has 6 heterocycles. The number of amides is 6. The molecule has 4 saturated heterocycles. The van der Waals surface area contributed by atoms with Gasteiger partial charge in [0.2, 0.25) is 35.4 Å². The topological polar surface area (TPSA) is 174 Å². The summed E-state index contributed by atoms with van der Waals surface area (Å²) in [7, 11) is 0. The van der Waals surface area contributed by atoms with Gasteiger partial charge < -0.3 is 30.2 Å². The second kappa shape index (κ2) is 18.7. The Morgan fingerprint density at radius 3 is 1.49 bits per heavy atom. The molecule has 8 rings (SSSR count). The van der Waals surface area contributed by atoms with Crippen LogP contribution in [0.1, 0.15) is 123 Å². The molecular weight excluding hydrogens is 846 g/mol. The number of carbonyl (C=O) groups is 8. The molecule has 0 aromatic heterocycles. The third-order valence-corrected chi connectivity index (χ3v) is 13.7. The standard InChI is InChI=1S/C24H29F2N3O4.C24H30FN3O4/c1-13(2)21(31)17-6-4-5-15-10-28(11-18(15)17)20(30)8-16-7-19(27-22(16)32)23(33)29-12-24(25,26)9-14(29)3;1-13(2)22(30)18-6-4-5-15-10-27(12-19(15)18)21(29)9-16-8-20(26-23(16)31)24(32)28-11-17(25)7-14(28)3/h4-6,13-14,16,19H,7-12H2,1-3H3,(H,27,32);4-6,13-14,16-17,20H,7-12H2,1-3H3,(H,26,31)/t14-,16+,19+;14-,16+,17?,20+/m11/s1. The zero-order valence-electron chi connectivity index (χ0n) is 37.8. The molecule has 1 unspecified atom stereocenters. The van der Waals surface area contributed by atoms with Gasteiger partial charge in [0, 0.05) is 98.7 Å². The highest BCUT2D eigenvalue weighted by Crippen LogP contribution is 2.35. The van der Waals surface area contributed by atoms with Crippen LogP contribution in [0.2, 0.25) is 0 Å². The number of hydrogen-bond acceptors (Lipinski definition) is 8. The zero-order chi connectivity index (χ0) is 47.2. The minimum absolute atomic E-state index is 0.0123. The molecule has 0 saturated carbocycles. The molecule has 14 nitrogen and oxygen atoms in total. The summed E-state index contributed by atoms with van der Waals surface area (Å²) in [5.74, 6) is -6.32. The van der Waals surface area contributed by atoms with E-state index in [0.717, 1.165) is 27.2 Å². The van der Waals surface area contributed by atoms with E-state index in [2.05, 4.69) is 10.6 Å². The van der Waals surface area contributed by atoms with Crippen molar-refractivity contribution in [2.45, 2.75) is 143 Å². The summed E-state index contributed by atoms with van der Waals surface area (Å²) < 4.78 is 41.0. The smallest absolute Gasteiger partial charge is 0.267 e. The second-order valence-electron chi connectivity index (χ2n) is 19.4. The van der Waals surface area contributed by atoms with E-state index < -0.39 is 66.8 Å². The van der Waals surface area contributed by atoms with Crippen molar-refractivity contribution < 1.29 is 51.5 Å². The minimum atomic E-state index is -2.92. The number of nitrogens with one attached hydrogen (secondary N) is 2. The summed E-state index contributed by atoms with van der Waals surface area (Å²) in [4.78, 5) is 107. The molecule has 2 aromatic rings. The summed E-state index contributed by atoms with van der Waals surface area (Å²) in [6.45, 7) is 11.6. The van der Waals surface area contributed by atoms with Crippen LogP contribution in [-0.2, 0) is 54.9 Å². The van der Waals surface area contributed by atoms with Gasteiger partial charge in [0.05, 0.1) is 13.1 Å². The first kappa shape index (κ1) is 47.4. The Morgan fingerprint density at radius 1 is 0.662 bits per heavy atom. The van der Waals surface area contributed by atoms with Crippen LogP contribution in [-0.4, -0.2) is 116 Å². The monoisotopic (exact) mass is 904 g/mol. The predicted octanol–water partition coefficient (Wildman–Crippen LogP) is 4.74. The quantitative estimate of drug-likeness (QED) is 0.322. The predicted molar refractivity (Wildman–Crippen MR) is 230 cm³/mol. The van der Waals surface area contributed by atoms with Gasteiger partial charge in [-0.3, -0.25) is 38.4 Å². The highest BCUT2D eigenvalue weighted by Gasteiger charge is 2.49. The molecule has 0 radical (unpaired) electrons. The summed E-state index contributed by atoms with van der Waals surface area (Å²) in [6.07, 6.45) is -0.824. The van der Waals surface area contributed by atoms with Crippen molar-refractivity contribution in [3.8, 4) is 0 Å². The molecule has 2 aromatic carbocycles. The van der Waals surface area contributed by atoms with Gasteiger partial charge in [-0.25, -0.2) is 13.2 Å². The average molecular weight is 905 g/mol. The number of likely N-dealkylation sites (tertiary alicyclic amines) is 2. The first-order valence-electron chi connectivity index (χ1n) is 22.7. The van der Waals surface area contributed by atoms with E-state index in [1.165, 1.54) is 4.90 Å². The fourth-order valence-corrected chi connectivity index (χ4v) is 10.1. The molecule has 17 heteroatoms. The highest BCUT2D eigenvalue weighted by molar-refractivity contribution is 6.01. The third kappa shape index (κ3) is 9.98. The zero-order valence-corrected chi connectivity index (χ0v) is 37.8. The van der Waals surface area contributed by atoms with Crippen molar-refractivity contribution in [1.29, 1.82) is 0 Å². The van der Waals surface area contributed by atoms with Crippen molar-refractivity contribution in [2.75, 3.05) is 13.1 Å². The van der Waals surface area contributed by atoms with Crippen LogP contribution in [0.3, 0.4) is 0 Å². The number of nitrogens with zero attached hydrogens (tertiary/aromatic N) is 4. The van der Waals surface area contributed by atoms with Gasteiger partial charge in [0.1, 0.15) is 18.3 Å². The number of benzene rings is 2. The fourth-order valence-electron chi connectivity index (χ4n) is 10.1. The van der Waals surface area contributed by atoms with E-state index in [-0.39, 0.29) is 85.3 Å². The summed E-state index contributed by atoms with van der Waals surface area (Å²) in [5, 5.41) is 5.29. The fraction of sp³-hybridized carbons (Fsp3) is 0.583. The van der Waals surface area contributed by atoms with Gasteiger partial charge in [-0.15, -0.1) is 0 Å². The maximum absolute atomic E-state index is 13.7. The van der Waals surface area contributed by atoms with Crippen LogP contribution < -0.4 is 10.6 Å². The largest absolute Gasteiger partial charge is 0.344 e. The average Bonchev–Trinajstić information content (AvgIpc) is 4.11. The molecule has 2 N–H and O–H groups in total. The van der Waals surface area contributed by atoms with Crippen LogP contribution >= 0.6 is 0 Å². The lowest BCUT2D eigenvalue weighted by Crippen LogP contribution is -2.46. The molecule has 7 atom stereocenters. The Hall–Kier alpha value is -5.61. The van der Waals surface area contributed by atoms with E-state index in [0.29, 0.717) is 43.7 Å². The maximum Gasteiger partial charge on any atom is 0.267 e. The molecule has 65 heavy (non-hydrogen) atoms. The molecule has 0 bridgehead atoms. The number of Topliss-reactive ketones (excluding diaryl/α,β-unsaturated/α-hetero) is 2. The van der Waals surface area contributed by atoms with Crippen LogP contribution in [0, 0.1) is 23.7 Å². The van der Waals surface area contributed by atoms with Gasteiger partial charge >= 0.3 is 0 Å². The van der Waals surface area contributed by atoms with Gasteiger partial charge in [-0.2, -0.15) is 0 Å². The molecule has 4 fully saturated rings. The number of alkyl halides is 3. The van der Waals surface area contributed by atoms with Gasteiger partial charge in [0.15, 0.2) is 11.6 Å². The maximum atomic E-state index is 13.7. The Morgan fingerprint density at radius 2 is 1.11 bits per heavy atom. The van der Waals surface area contributed by atoms with Gasteiger partial charge in [-0.05, 0) is 48.9 Å². The van der Waals surface area contributed by atoms with Crippen LogP contribution in [0.4, 0.5) is 13.2 Å². The van der Waals surface area contributed by atoms with Crippen molar-refractivity contribution in [1.82, 2.24) is 30.2 Å². The third-order valence-electron chi connectivity index (χ3n) is 13.7. The van der Waals surface area contributed by atoms with Gasteiger partial charge in [-0.1, -0.05) is 64.1 Å². The van der Waals surface area contributed by atoms with Crippen molar-refractivity contribution in [3.05, 3.63) is 69.8 Å². The number of halogens is 3. The van der Waals surface area contributed by atoms with E-state index in [1.54, 1.807) is 35.8 Å². The minimum Gasteiger partial charge on any atom is -0.344 e. The number of fused-ring (bicyclic) bond motifs is 2. The van der Waals surface area contributed by atoms with Crippen LogP contribution in [0.25, 0.3) is 0 Å². The Bertz CT molecular complexity index is 2290. The first-order chi connectivity index (χ1) is 30.6. The van der Waals surface area contributed by atoms with Gasteiger partial charge in [0.25, 0.3) is 5.92 Å². The summed E-state index contributed by atoms with van der Waals surface area (Å²) >= 11 is 0. The lowest BCUT2D eigenvalue weighted by Gasteiger charge is -2.24. The summed E-state index contributed by atoms with van der Waals surface area (Å²) in [5.41, 5.74) is 4.88. The lowest BCUT2D eigenvalue weighted by atomic mass is 9.94. The second-order valence-corrected chi connectivity index (χ2v) is 19.4. The van der Waals surface area contributed by atoms with E-state index in [1.807, 2.05) is 52.0 Å². The first-order valence-corrected chi connectivity index (χ1v) is 22.7. The lowest BCUT2D eigenvalue weighted by molar-refractivity contribution is -0.136. The molecule has 350 valence electrons. The van der Waals surface area contributed by atoms with E-state index in [9.17, 15) is 51.5 Å². The number of hydrogen-bond donors (Lipinski definition) is 2. The van der Waals surface area contributed by atoms with E-state index in [4.69, 9.17) is 0 Å². The number of ketones is 2. The molecule has 0 aliphatic carbocycles. The van der Waals surface area contributed by atoms with Crippen molar-refractivity contribution >= 4 is 47.0 Å². The molecule has 6 aliphatic heterocycles. The van der Waals surface area contributed by atoms with Crippen LogP contribution in [0.15, 0.2) is 36.4 Å². The van der Waals surface area contributed by atoms with E-state index >= 15 is 0 Å². The molecule has 6 aliphatic rings. The Labute approximate surface area is 377 Å². The van der Waals surface area contributed by atoms with Crippen LogP contribution in [0.5, 0.6) is 0 Å².